The summed E-state index contributed by atoms with van der Waals surface area (Å²) in [7, 11) is 0. The maximum absolute atomic E-state index is 11.4. The maximum atomic E-state index is 11.4. The van der Waals surface area contributed by atoms with Gasteiger partial charge in [-0.25, -0.2) is 0 Å². The Labute approximate surface area is 94.0 Å². The monoisotopic (exact) mass is 218 g/mol. The number of carbonyl (C=O) groups is 1. The molecule has 0 bridgehead atoms. The van der Waals surface area contributed by atoms with Gasteiger partial charge in [-0.1, -0.05) is 12.1 Å². The lowest BCUT2D eigenvalue weighted by molar-refractivity contribution is -0.142. The van der Waals surface area contributed by atoms with Gasteiger partial charge in [0.05, 0.1) is 19.3 Å². The van der Waals surface area contributed by atoms with Gasteiger partial charge in [0, 0.05) is 10.9 Å². The van der Waals surface area contributed by atoms with Gasteiger partial charge in [-0.2, -0.15) is 0 Å². The highest BCUT2D eigenvalue weighted by Gasteiger charge is 2.10. The Morgan fingerprint density at radius 3 is 3.00 bits per heavy atom. The summed E-state index contributed by atoms with van der Waals surface area (Å²) < 4.78 is 10.3. The van der Waals surface area contributed by atoms with Gasteiger partial charge in [0.25, 0.3) is 0 Å². The Balaban J connectivity index is 2.28. The van der Waals surface area contributed by atoms with Gasteiger partial charge in [0.15, 0.2) is 0 Å². The van der Waals surface area contributed by atoms with Crippen LogP contribution in [0.4, 0.5) is 0 Å². The number of hydrogen-bond donors (Lipinski definition) is 0. The average molecular weight is 218 g/mol. The van der Waals surface area contributed by atoms with E-state index in [1.165, 1.54) is 0 Å². The van der Waals surface area contributed by atoms with Crippen molar-refractivity contribution in [3.8, 4) is 0 Å². The molecule has 16 heavy (non-hydrogen) atoms. The van der Waals surface area contributed by atoms with Gasteiger partial charge in [-0.3, -0.25) is 4.79 Å². The Kier molecular flexibility index (Phi) is 2.95. The Hall–Kier alpha value is -1.77. The summed E-state index contributed by atoms with van der Waals surface area (Å²) in [6.07, 6.45) is 1.89. The molecule has 2 aromatic rings. The molecule has 0 saturated heterocycles. The van der Waals surface area contributed by atoms with Gasteiger partial charge in [0.2, 0.25) is 0 Å². The molecule has 0 atom stereocenters. The number of benzene rings is 1. The molecule has 3 heteroatoms. The van der Waals surface area contributed by atoms with E-state index in [9.17, 15) is 4.79 Å². The van der Waals surface area contributed by atoms with Crippen LogP contribution in [0.2, 0.25) is 0 Å². The Morgan fingerprint density at radius 2 is 2.25 bits per heavy atom. The van der Waals surface area contributed by atoms with Crippen LogP contribution in [-0.2, 0) is 16.0 Å². The number of ether oxygens (including phenoxy) is 1. The molecule has 1 aromatic heterocycles. The minimum absolute atomic E-state index is 0.217. The van der Waals surface area contributed by atoms with E-state index in [4.69, 9.17) is 9.15 Å². The van der Waals surface area contributed by atoms with Gasteiger partial charge >= 0.3 is 5.97 Å². The van der Waals surface area contributed by atoms with E-state index in [1.807, 2.05) is 25.1 Å². The first kappa shape index (κ1) is 10.7. The molecule has 0 fully saturated rings. The van der Waals surface area contributed by atoms with Crippen LogP contribution in [0.25, 0.3) is 11.0 Å². The van der Waals surface area contributed by atoms with Gasteiger partial charge in [-0.05, 0) is 25.5 Å². The van der Waals surface area contributed by atoms with Crippen LogP contribution in [0, 0.1) is 6.92 Å². The smallest absolute Gasteiger partial charge is 0.310 e. The molecule has 3 nitrogen and oxygen atoms in total. The molecule has 0 unspecified atom stereocenters. The topological polar surface area (TPSA) is 39.4 Å². The zero-order valence-corrected chi connectivity index (χ0v) is 9.45. The zero-order chi connectivity index (χ0) is 11.5. The van der Waals surface area contributed by atoms with E-state index in [1.54, 1.807) is 13.2 Å². The lowest BCUT2D eigenvalue weighted by Crippen LogP contribution is -2.06. The van der Waals surface area contributed by atoms with Crippen LogP contribution < -0.4 is 0 Å². The van der Waals surface area contributed by atoms with Gasteiger partial charge in [-0.15, -0.1) is 0 Å². The van der Waals surface area contributed by atoms with Gasteiger partial charge in [0.1, 0.15) is 5.58 Å². The molecule has 0 N–H and O–H groups in total. The van der Waals surface area contributed by atoms with Crippen molar-refractivity contribution in [3.63, 3.8) is 0 Å². The van der Waals surface area contributed by atoms with E-state index in [-0.39, 0.29) is 12.4 Å². The van der Waals surface area contributed by atoms with Crippen molar-refractivity contribution in [2.75, 3.05) is 6.61 Å². The number of fused-ring (bicyclic) bond motifs is 1. The predicted molar refractivity (Wildman–Crippen MR) is 61.3 cm³/mol. The first-order valence-corrected chi connectivity index (χ1v) is 5.33. The molecule has 0 aliphatic rings. The second kappa shape index (κ2) is 4.39. The molecule has 1 heterocycles. The number of rotatable bonds is 3. The largest absolute Gasteiger partial charge is 0.466 e. The lowest BCUT2D eigenvalue weighted by atomic mass is 10.1. The van der Waals surface area contributed by atoms with Crippen molar-refractivity contribution in [1.82, 2.24) is 0 Å². The number of hydrogen-bond acceptors (Lipinski definition) is 3. The molecular weight excluding hydrogens is 204 g/mol. The summed E-state index contributed by atoms with van der Waals surface area (Å²) in [4.78, 5) is 11.4. The summed E-state index contributed by atoms with van der Waals surface area (Å²) >= 11 is 0. The molecule has 0 aliphatic carbocycles. The average Bonchev–Trinajstić information content (AvgIpc) is 2.61. The zero-order valence-electron chi connectivity index (χ0n) is 9.45. The van der Waals surface area contributed by atoms with Crippen molar-refractivity contribution >= 4 is 16.9 Å². The molecule has 0 aliphatic heterocycles. The molecule has 0 radical (unpaired) electrons. The standard InChI is InChI=1S/C13H14O3/c1-3-15-13(14)7-10-8-16-12-6-9(2)4-5-11(10)12/h4-6,8H,3,7H2,1-2H3. The highest BCUT2D eigenvalue weighted by Crippen LogP contribution is 2.22. The maximum Gasteiger partial charge on any atom is 0.310 e. The van der Waals surface area contributed by atoms with Crippen LogP contribution in [0.3, 0.4) is 0 Å². The molecule has 0 amide bonds. The summed E-state index contributed by atoms with van der Waals surface area (Å²) in [5.74, 6) is -0.217. The van der Waals surface area contributed by atoms with E-state index in [0.717, 1.165) is 22.1 Å². The summed E-state index contributed by atoms with van der Waals surface area (Å²) in [5.41, 5.74) is 2.84. The van der Waals surface area contributed by atoms with Crippen molar-refractivity contribution < 1.29 is 13.9 Å². The van der Waals surface area contributed by atoms with Crippen LogP contribution in [-0.4, -0.2) is 12.6 Å². The third-order valence-electron chi connectivity index (χ3n) is 2.45. The van der Waals surface area contributed by atoms with Crippen LogP contribution >= 0.6 is 0 Å². The summed E-state index contributed by atoms with van der Waals surface area (Å²) in [5, 5.41) is 0.985. The van der Waals surface area contributed by atoms with Crippen molar-refractivity contribution in [3.05, 3.63) is 35.6 Å². The number of aryl methyl sites for hydroxylation is 1. The first-order valence-electron chi connectivity index (χ1n) is 5.33. The minimum Gasteiger partial charge on any atom is -0.466 e. The molecule has 84 valence electrons. The Bertz CT molecular complexity index is 511. The van der Waals surface area contributed by atoms with Crippen molar-refractivity contribution in [2.45, 2.75) is 20.3 Å². The van der Waals surface area contributed by atoms with Crippen LogP contribution in [0.15, 0.2) is 28.9 Å². The van der Waals surface area contributed by atoms with E-state index in [2.05, 4.69) is 0 Å². The Morgan fingerprint density at radius 1 is 1.44 bits per heavy atom. The normalized spacial score (nSPS) is 10.6. The fourth-order valence-electron chi connectivity index (χ4n) is 1.69. The summed E-state index contributed by atoms with van der Waals surface area (Å²) in [6, 6.07) is 5.94. The van der Waals surface area contributed by atoms with Gasteiger partial charge < -0.3 is 9.15 Å². The number of esters is 1. The van der Waals surface area contributed by atoms with Crippen LogP contribution in [0.5, 0.6) is 0 Å². The molecule has 0 spiro atoms. The molecular formula is C13H14O3. The third kappa shape index (κ3) is 2.08. The van der Waals surface area contributed by atoms with Crippen molar-refractivity contribution in [1.29, 1.82) is 0 Å². The SMILES string of the molecule is CCOC(=O)Cc1coc2cc(C)ccc12. The summed E-state index contributed by atoms with van der Waals surface area (Å²) in [6.45, 7) is 4.22. The minimum atomic E-state index is -0.217. The highest BCUT2D eigenvalue weighted by molar-refractivity contribution is 5.86. The first-order chi connectivity index (χ1) is 7.70. The predicted octanol–water partition coefficient (Wildman–Crippen LogP) is 2.85. The number of furan rings is 1. The molecule has 2 rings (SSSR count). The molecule has 1 aromatic carbocycles. The number of carbonyl (C=O) groups excluding carboxylic acids is 1. The van der Waals surface area contributed by atoms with E-state index >= 15 is 0 Å². The second-order valence-corrected chi connectivity index (χ2v) is 3.74. The highest BCUT2D eigenvalue weighted by atomic mass is 16.5. The quantitative estimate of drug-likeness (QED) is 0.743. The third-order valence-corrected chi connectivity index (χ3v) is 2.45. The second-order valence-electron chi connectivity index (χ2n) is 3.74. The van der Waals surface area contributed by atoms with E-state index in [0.29, 0.717) is 6.61 Å². The molecule has 0 saturated carbocycles. The fraction of sp³-hybridized carbons (Fsp3) is 0.308. The van der Waals surface area contributed by atoms with E-state index < -0.39 is 0 Å². The fourth-order valence-corrected chi connectivity index (χ4v) is 1.69. The lowest BCUT2D eigenvalue weighted by Gasteiger charge is -1.99. The van der Waals surface area contributed by atoms with Crippen LogP contribution in [0.1, 0.15) is 18.1 Å². The van der Waals surface area contributed by atoms with Crippen molar-refractivity contribution in [2.24, 2.45) is 0 Å².